The predicted molar refractivity (Wildman–Crippen MR) is 122 cm³/mol. The van der Waals surface area contributed by atoms with Crippen LogP contribution in [-0.4, -0.2) is 42.1 Å². The maximum atomic E-state index is 14.4. The summed E-state index contributed by atoms with van der Waals surface area (Å²) in [5.41, 5.74) is 1.03. The van der Waals surface area contributed by atoms with E-state index in [0.29, 0.717) is 21.0 Å². The zero-order valence-corrected chi connectivity index (χ0v) is 19.0. The van der Waals surface area contributed by atoms with Crippen molar-refractivity contribution in [1.29, 1.82) is 0 Å². The van der Waals surface area contributed by atoms with Crippen LogP contribution in [0.15, 0.2) is 78.4 Å². The Kier molecular flexibility index (Phi) is 7.16. The predicted octanol–water partition coefficient (Wildman–Crippen LogP) is 2.91. The number of pyridine rings is 2. The van der Waals surface area contributed by atoms with Crippen LogP contribution in [-0.2, 0) is 23.7 Å². The molecule has 0 aliphatic rings. The SMILES string of the molecule is O=C(Cc1cccc(=NCC(F)(F)c2ccccn2)n1O)NCc1cc(Cl)ccc1-n1cncn1. The average Bonchev–Trinajstić information content (AvgIpc) is 3.39. The lowest BCUT2D eigenvalue weighted by molar-refractivity contribution is -0.120. The highest BCUT2D eigenvalue weighted by atomic mass is 35.5. The molecule has 1 amide bonds. The Balaban J connectivity index is 1.45. The van der Waals surface area contributed by atoms with Crippen LogP contribution < -0.4 is 10.8 Å². The van der Waals surface area contributed by atoms with Crippen LogP contribution in [0.3, 0.4) is 0 Å². The van der Waals surface area contributed by atoms with Gasteiger partial charge in [-0.25, -0.2) is 9.67 Å². The molecule has 180 valence electrons. The first-order chi connectivity index (χ1) is 16.8. The number of hydrogen-bond acceptors (Lipinski definition) is 6. The molecule has 9 nitrogen and oxygen atoms in total. The van der Waals surface area contributed by atoms with Crippen molar-refractivity contribution in [2.24, 2.45) is 4.99 Å². The molecule has 0 bridgehead atoms. The molecule has 0 aliphatic carbocycles. The van der Waals surface area contributed by atoms with E-state index < -0.39 is 24.1 Å². The van der Waals surface area contributed by atoms with Crippen LogP contribution in [0.2, 0.25) is 5.02 Å². The molecular formula is C23H20ClF2N7O2. The van der Waals surface area contributed by atoms with Gasteiger partial charge in [0.25, 0.3) is 0 Å². The van der Waals surface area contributed by atoms with Crippen molar-refractivity contribution in [3.05, 3.63) is 101 Å². The van der Waals surface area contributed by atoms with E-state index in [4.69, 9.17) is 11.6 Å². The molecule has 0 saturated carbocycles. The van der Waals surface area contributed by atoms with E-state index in [1.807, 2.05) is 0 Å². The highest BCUT2D eigenvalue weighted by Gasteiger charge is 2.32. The maximum Gasteiger partial charge on any atom is 0.308 e. The van der Waals surface area contributed by atoms with Crippen LogP contribution in [0.4, 0.5) is 8.78 Å². The van der Waals surface area contributed by atoms with Crippen molar-refractivity contribution in [2.45, 2.75) is 18.9 Å². The van der Waals surface area contributed by atoms with Crippen molar-refractivity contribution in [1.82, 2.24) is 29.8 Å². The topological polar surface area (TPSA) is 110 Å². The van der Waals surface area contributed by atoms with E-state index in [1.165, 1.54) is 55.2 Å². The number of carbonyl (C=O) groups is 1. The van der Waals surface area contributed by atoms with E-state index >= 15 is 0 Å². The molecule has 0 radical (unpaired) electrons. The van der Waals surface area contributed by atoms with Crippen molar-refractivity contribution in [3.63, 3.8) is 0 Å². The summed E-state index contributed by atoms with van der Waals surface area (Å²) < 4.78 is 30.9. The molecule has 0 fully saturated rings. The number of rotatable bonds is 8. The van der Waals surface area contributed by atoms with Gasteiger partial charge in [-0.3, -0.25) is 14.8 Å². The summed E-state index contributed by atoms with van der Waals surface area (Å²) >= 11 is 6.10. The second-order valence-corrected chi connectivity index (χ2v) is 7.93. The van der Waals surface area contributed by atoms with E-state index in [9.17, 15) is 18.8 Å². The Bertz CT molecular complexity index is 1380. The van der Waals surface area contributed by atoms with Crippen LogP contribution in [0.5, 0.6) is 0 Å². The Hall–Kier alpha value is -4.12. The minimum absolute atomic E-state index is 0.116. The van der Waals surface area contributed by atoms with Gasteiger partial charge < -0.3 is 10.5 Å². The summed E-state index contributed by atoms with van der Waals surface area (Å²) in [7, 11) is 0. The van der Waals surface area contributed by atoms with Gasteiger partial charge in [0.15, 0.2) is 5.49 Å². The number of alkyl halides is 2. The van der Waals surface area contributed by atoms with Crippen molar-refractivity contribution >= 4 is 17.5 Å². The Morgan fingerprint density at radius 2 is 2.03 bits per heavy atom. The smallest absolute Gasteiger partial charge is 0.308 e. The summed E-state index contributed by atoms with van der Waals surface area (Å²) in [5.74, 6) is -3.73. The monoisotopic (exact) mass is 499 g/mol. The standard InChI is InChI=1S/C23H20ClF2N7O2/c24-17-7-8-19(32-15-27-14-31-32)16(10-17)12-29-22(34)11-18-4-3-6-21(33(18)35)30-13-23(25,26)20-5-1-2-9-28-20/h1-10,14-15,35H,11-13H2,(H,29,34). The third kappa shape index (κ3) is 5.87. The van der Waals surface area contributed by atoms with Crippen molar-refractivity contribution in [3.8, 4) is 5.69 Å². The molecule has 0 unspecified atom stereocenters. The third-order valence-corrected chi connectivity index (χ3v) is 5.26. The van der Waals surface area contributed by atoms with Gasteiger partial charge in [0, 0.05) is 17.8 Å². The van der Waals surface area contributed by atoms with Gasteiger partial charge >= 0.3 is 5.92 Å². The van der Waals surface area contributed by atoms with Gasteiger partial charge in [-0.2, -0.15) is 18.6 Å². The fourth-order valence-electron chi connectivity index (χ4n) is 3.30. The zero-order chi connectivity index (χ0) is 24.8. The summed E-state index contributed by atoms with van der Waals surface area (Å²) in [4.78, 5) is 24.0. The lowest BCUT2D eigenvalue weighted by Gasteiger charge is -2.13. The lowest BCUT2D eigenvalue weighted by atomic mass is 10.1. The number of nitrogens with one attached hydrogen (secondary N) is 1. The Labute approximate surface area is 203 Å². The minimum Gasteiger partial charge on any atom is -0.427 e. The van der Waals surface area contributed by atoms with E-state index in [1.54, 1.807) is 22.9 Å². The zero-order valence-electron chi connectivity index (χ0n) is 18.2. The van der Waals surface area contributed by atoms with Gasteiger partial charge in [0.1, 0.15) is 24.9 Å². The van der Waals surface area contributed by atoms with E-state index in [0.717, 1.165) is 0 Å². The van der Waals surface area contributed by atoms with E-state index in [-0.39, 0.29) is 24.1 Å². The Morgan fingerprint density at radius 3 is 2.77 bits per heavy atom. The fraction of sp³-hybridized carbons (Fsp3) is 0.174. The molecule has 12 heteroatoms. The quantitative estimate of drug-likeness (QED) is 0.362. The number of amides is 1. The van der Waals surface area contributed by atoms with Crippen molar-refractivity contribution < 1.29 is 18.8 Å². The normalized spacial score (nSPS) is 12.0. The Morgan fingerprint density at radius 1 is 1.17 bits per heavy atom. The summed E-state index contributed by atoms with van der Waals surface area (Å²) in [6.45, 7) is -0.777. The second-order valence-electron chi connectivity index (χ2n) is 7.49. The molecular weight excluding hydrogens is 480 g/mol. The fourth-order valence-corrected chi connectivity index (χ4v) is 3.49. The highest BCUT2D eigenvalue weighted by Crippen LogP contribution is 2.25. The second kappa shape index (κ2) is 10.4. The average molecular weight is 500 g/mol. The van der Waals surface area contributed by atoms with Crippen LogP contribution >= 0.6 is 11.6 Å². The van der Waals surface area contributed by atoms with Gasteiger partial charge in [-0.05, 0) is 48.0 Å². The summed E-state index contributed by atoms with van der Waals surface area (Å²) in [5, 5.41) is 17.8. The molecule has 0 spiro atoms. The van der Waals surface area contributed by atoms with Crippen LogP contribution in [0.25, 0.3) is 5.69 Å². The molecule has 3 heterocycles. The first-order valence-electron chi connectivity index (χ1n) is 10.4. The van der Waals surface area contributed by atoms with Gasteiger partial charge in [-0.15, -0.1) is 0 Å². The molecule has 0 atom stereocenters. The first-order valence-corrected chi connectivity index (χ1v) is 10.8. The number of benzene rings is 1. The van der Waals surface area contributed by atoms with Crippen LogP contribution in [0.1, 0.15) is 17.0 Å². The van der Waals surface area contributed by atoms with E-state index in [2.05, 4.69) is 25.4 Å². The maximum absolute atomic E-state index is 14.4. The third-order valence-electron chi connectivity index (χ3n) is 5.03. The molecule has 4 aromatic rings. The largest absolute Gasteiger partial charge is 0.427 e. The lowest BCUT2D eigenvalue weighted by Crippen LogP contribution is -2.30. The number of hydrogen-bond donors (Lipinski definition) is 2. The summed E-state index contributed by atoms with van der Waals surface area (Å²) in [6.07, 6.45) is 3.97. The number of aromatic nitrogens is 5. The first kappa shape index (κ1) is 24.0. The highest BCUT2D eigenvalue weighted by molar-refractivity contribution is 6.30. The van der Waals surface area contributed by atoms with Crippen molar-refractivity contribution in [2.75, 3.05) is 6.54 Å². The minimum atomic E-state index is -3.32. The molecule has 4 rings (SSSR count). The number of nitrogens with zero attached hydrogens (tertiary/aromatic N) is 6. The summed E-state index contributed by atoms with van der Waals surface area (Å²) in [6, 6.07) is 13.7. The molecule has 35 heavy (non-hydrogen) atoms. The number of halogens is 3. The molecule has 0 saturated heterocycles. The van der Waals surface area contributed by atoms with Crippen LogP contribution in [0, 0.1) is 0 Å². The van der Waals surface area contributed by atoms with Gasteiger partial charge in [0.05, 0.1) is 17.8 Å². The number of carbonyl (C=O) groups excluding carboxylic acids is 1. The van der Waals surface area contributed by atoms with Gasteiger partial charge in [0.2, 0.25) is 5.91 Å². The molecule has 2 N–H and O–H groups in total. The molecule has 1 aromatic carbocycles. The molecule has 0 aliphatic heterocycles. The molecule has 3 aromatic heterocycles. The van der Waals surface area contributed by atoms with Gasteiger partial charge in [-0.1, -0.05) is 23.7 Å².